The minimum absolute atomic E-state index is 0.0155. The summed E-state index contributed by atoms with van der Waals surface area (Å²) in [5.74, 6) is 0.923. The first-order valence-electron chi connectivity index (χ1n) is 8.63. The van der Waals surface area contributed by atoms with Crippen LogP contribution in [0.2, 0.25) is 0 Å². The van der Waals surface area contributed by atoms with Gasteiger partial charge in [0.2, 0.25) is 11.0 Å². The van der Waals surface area contributed by atoms with E-state index in [1.807, 2.05) is 18.3 Å². The van der Waals surface area contributed by atoms with E-state index in [9.17, 15) is 4.79 Å². The standard InChI is InChI=1S/C18H23N5OS2/c1-12(2)9-21-17-22-23-18(26-17)25-11-16(24)19-8-7-13-10-20-15-6-4-3-5-14(13)15/h3-6,10,12,20H,7-9,11H2,1-2H3,(H,19,24)(H,21,22). The Labute approximate surface area is 161 Å². The lowest BCUT2D eigenvalue weighted by molar-refractivity contribution is -0.118. The Hall–Kier alpha value is -2.06. The predicted octanol–water partition coefficient (Wildman–Crippen LogP) is 3.54. The first-order valence-corrected chi connectivity index (χ1v) is 10.4. The Balaban J connectivity index is 1.39. The normalized spacial score (nSPS) is 11.2. The number of H-pyrrole nitrogens is 1. The Kier molecular flexibility index (Phi) is 6.51. The van der Waals surface area contributed by atoms with Crippen LogP contribution in [0.15, 0.2) is 34.8 Å². The molecule has 1 aromatic carbocycles. The van der Waals surface area contributed by atoms with Crippen LogP contribution < -0.4 is 10.6 Å². The molecule has 2 heterocycles. The van der Waals surface area contributed by atoms with Crippen molar-refractivity contribution in [2.45, 2.75) is 24.6 Å². The van der Waals surface area contributed by atoms with E-state index in [0.717, 1.165) is 28.0 Å². The average molecular weight is 390 g/mol. The Morgan fingerprint density at radius 1 is 1.31 bits per heavy atom. The number of nitrogens with one attached hydrogen (secondary N) is 3. The van der Waals surface area contributed by atoms with Crippen LogP contribution in [0.1, 0.15) is 19.4 Å². The van der Waals surface area contributed by atoms with Crippen molar-refractivity contribution < 1.29 is 4.79 Å². The number of amides is 1. The number of anilines is 1. The van der Waals surface area contributed by atoms with Gasteiger partial charge in [-0.25, -0.2) is 0 Å². The van der Waals surface area contributed by atoms with E-state index in [1.54, 1.807) is 0 Å². The molecule has 0 radical (unpaired) electrons. The van der Waals surface area contributed by atoms with Gasteiger partial charge in [0.1, 0.15) is 0 Å². The van der Waals surface area contributed by atoms with Crippen molar-refractivity contribution in [2.24, 2.45) is 5.92 Å². The molecule has 6 nitrogen and oxygen atoms in total. The molecule has 0 bridgehead atoms. The van der Waals surface area contributed by atoms with Gasteiger partial charge in [0.05, 0.1) is 5.75 Å². The molecule has 138 valence electrons. The first-order chi connectivity index (χ1) is 12.6. The van der Waals surface area contributed by atoms with Gasteiger partial charge in [0.15, 0.2) is 4.34 Å². The summed E-state index contributed by atoms with van der Waals surface area (Å²) >= 11 is 2.91. The van der Waals surface area contributed by atoms with Crippen molar-refractivity contribution >= 4 is 45.0 Å². The fraction of sp³-hybridized carbons (Fsp3) is 0.389. The van der Waals surface area contributed by atoms with Crippen LogP contribution in [0.5, 0.6) is 0 Å². The van der Waals surface area contributed by atoms with Gasteiger partial charge in [-0.1, -0.05) is 55.1 Å². The molecule has 3 aromatic rings. The molecule has 0 saturated carbocycles. The Morgan fingerprint density at radius 3 is 3.00 bits per heavy atom. The molecule has 0 aliphatic heterocycles. The lowest BCUT2D eigenvalue weighted by atomic mass is 10.1. The molecule has 2 aromatic heterocycles. The van der Waals surface area contributed by atoms with Gasteiger partial charge < -0.3 is 15.6 Å². The summed E-state index contributed by atoms with van der Waals surface area (Å²) in [5.41, 5.74) is 2.35. The maximum Gasteiger partial charge on any atom is 0.230 e. The van der Waals surface area contributed by atoms with Crippen LogP contribution in [0, 0.1) is 5.92 Å². The number of hydrogen-bond acceptors (Lipinski definition) is 6. The molecule has 3 N–H and O–H groups in total. The summed E-state index contributed by atoms with van der Waals surface area (Å²) < 4.78 is 0.808. The number of thioether (sulfide) groups is 1. The lowest BCUT2D eigenvalue weighted by Gasteiger charge is -2.04. The molecule has 8 heteroatoms. The molecule has 0 aliphatic rings. The fourth-order valence-electron chi connectivity index (χ4n) is 2.48. The van der Waals surface area contributed by atoms with E-state index in [0.29, 0.717) is 18.2 Å². The molecule has 0 aliphatic carbocycles. The van der Waals surface area contributed by atoms with Gasteiger partial charge in [-0.15, -0.1) is 10.2 Å². The monoisotopic (exact) mass is 389 g/mol. The Bertz CT molecular complexity index is 858. The molecular weight excluding hydrogens is 366 g/mol. The number of benzene rings is 1. The van der Waals surface area contributed by atoms with Crippen molar-refractivity contribution in [3.8, 4) is 0 Å². The number of rotatable bonds is 9. The predicted molar refractivity (Wildman–Crippen MR) is 109 cm³/mol. The summed E-state index contributed by atoms with van der Waals surface area (Å²) in [5, 5.41) is 16.4. The third-order valence-corrected chi connectivity index (χ3v) is 5.80. The van der Waals surface area contributed by atoms with Gasteiger partial charge in [0, 0.05) is 30.2 Å². The number of fused-ring (bicyclic) bond motifs is 1. The molecule has 3 rings (SSSR count). The van der Waals surface area contributed by atoms with Crippen LogP contribution in [0.3, 0.4) is 0 Å². The van der Waals surface area contributed by atoms with Crippen molar-refractivity contribution in [3.05, 3.63) is 36.0 Å². The molecule has 0 spiro atoms. The quantitative estimate of drug-likeness (QED) is 0.488. The molecule has 1 amide bonds. The van der Waals surface area contributed by atoms with E-state index in [4.69, 9.17) is 0 Å². The molecule has 0 fully saturated rings. The van der Waals surface area contributed by atoms with E-state index < -0.39 is 0 Å². The number of carbonyl (C=O) groups is 1. The largest absolute Gasteiger partial charge is 0.361 e. The molecule has 0 unspecified atom stereocenters. The second kappa shape index (κ2) is 9.05. The summed E-state index contributed by atoms with van der Waals surface area (Å²) in [7, 11) is 0. The van der Waals surface area contributed by atoms with Crippen LogP contribution in [-0.2, 0) is 11.2 Å². The number of aromatic nitrogens is 3. The minimum Gasteiger partial charge on any atom is -0.361 e. The zero-order chi connectivity index (χ0) is 18.4. The number of carbonyl (C=O) groups excluding carboxylic acids is 1. The highest BCUT2D eigenvalue weighted by Crippen LogP contribution is 2.25. The highest BCUT2D eigenvalue weighted by Gasteiger charge is 2.09. The van der Waals surface area contributed by atoms with E-state index in [1.165, 1.54) is 34.0 Å². The highest BCUT2D eigenvalue weighted by molar-refractivity contribution is 8.01. The topological polar surface area (TPSA) is 82.7 Å². The molecule has 0 atom stereocenters. The van der Waals surface area contributed by atoms with Crippen molar-refractivity contribution in [1.29, 1.82) is 0 Å². The SMILES string of the molecule is CC(C)CNc1nnc(SCC(=O)NCCc2c[nH]c3ccccc23)s1. The van der Waals surface area contributed by atoms with Crippen molar-refractivity contribution in [2.75, 3.05) is 24.2 Å². The van der Waals surface area contributed by atoms with E-state index >= 15 is 0 Å². The maximum atomic E-state index is 12.0. The number of nitrogens with zero attached hydrogens (tertiary/aromatic N) is 2. The van der Waals surface area contributed by atoms with Gasteiger partial charge in [-0.05, 0) is 24.0 Å². The Morgan fingerprint density at radius 2 is 2.15 bits per heavy atom. The first kappa shape index (κ1) is 18.7. The highest BCUT2D eigenvalue weighted by atomic mass is 32.2. The lowest BCUT2D eigenvalue weighted by Crippen LogP contribution is -2.27. The third kappa shape index (κ3) is 5.22. The zero-order valence-electron chi connectivity index (χ0n) is 14.9. The summed E-state index contributed by atoms with van der Waals surface area (Å²) in [6, 6.07) is 8.19. The van der Waals surface area contributed by atoms with Gasteiger partial charge in [-0.2, -0.15) is 0 Å². The number of para-hydroxylation sites is 1. The summed E-state index contributed by atoms with van der Waals surface area (Å²) in [4.78, 5) is 15.3. The van der Waals surface area contributed by atoms with E-state index in [-0.39, 0.29) is 5.91 Å². The third-order valence-electron chi connectivity index (χ3n) is 3.79. The molecule has 26 heavy (non-hydrogen) atoms. The van der Waals surface area contributed by atoms with Crippen molar-refractivity contribution in [1.82, 2.24) is 20.5 Å². The van der Waals surface area contributed by atoms with E-state index in [2.05, 4.69) is 51.8 Å². The molecular formula is C18H23N5OS2. The summed E-state index contributed by atoms with van der Waals surface area (Å²) in [6.45, 7) is 5.78. The second-order valence-corrected chi connectivity index (χ2v) is 8.60. The number of aromatic amines is 1. The van der Waals surface area contributed by atoms with Gasteiger partial charge in [0.25, 0.3) is 0 Å². The fourth-order valence-corrected chi connectivity index (χ4v) is 4.07. The maximum absolute atomic E-state index is 12.0. The van der Waals surface area contributed by atoms with Gasteiger partial charge >= 0.3 is 0 Å². The van der Waals surface area contributed by atoms with Crippen molar-refractivity contribution in [3.63, 3.8) is 0 Å². The zero-order valence-corrected chi connectivity index (χ0v) is 16.5. The summed E-state index contributed by atoms with van der Waals surface area (Å²) in [6.07, 6.45) is 2.82. The minimum atomic E-state index is 0.0155. The van der Waals surface area contributed by atoms with Crippen LogP contribution in [0.4, 0.5) is 5.13 Å². The van der Waals surface area contributed by atoms with Gasteiger partial charge in [-0.3, -0.25) is 4.79 Å². The van der Waals surface area contributed by atoms with Crippen LogP contribution in [-0.4, -0.2) is 39.9 Å². The van der Waals surface area contributed by atoms with Crippen LogP contribution in [0.25, 0.3) is 10.9 Å². The number of hydrogen-bond donors (Lipinski definition) is 3. The smallest absolute Gasteiger partial charge is 0.230 e. The molecule has 0 saturated heterocycles. The van der Waals surface area contributed by atoms with Crippen LogP contribution >= 0.6 is 23.1 Å². The average Bonchev–Trinajstić information content (AvgIpc) is 3.25. The second-order valence-electron chi connectivity index (χ2n) is 6.40.